The van der Waals surface area contributed by atoms with Crippen LogP contribution in [0.5, 0.6) is 0 Å². The molecule has 21 heavy (non-hydrogen) atoms. The van der Waals surface area contributed by atoms with Crippen LogP contribution >= 0.6 is 11.3 Å². The molecule has 0 atom stereocenters. The highest BCUT2D eigenvalue weighted by Gasteiger charge is 2.13. The second-order valence-electron chi connectivity index (χ2n) is 5.47. The van der Waals surface area contributed by atoms with Gasteiger partial charge in [0.1, 0.15) is 5.78 Å². The van der Waals surface area contributed by atoms with Crippen LogP contribution in [0.25, 0.3) is 20.2 Å². The van der Waals surface area contributed by atoms with Gasteiger partial charge in [-0.3, -0.25) is 4.79 Å². The number of rotatable bonds is 0. The Morgan fingerprint density at radius 3 is 1.81 bits per heavy atom. The number of benzene rings is 2. The molecular formula is C18H19NOS. The fourth-order valence-corrected chi connectivity index (χ4v) is 3.74. The Kier molecular flexibility index (Phi) is 4.32. The Balaban J connectivity index is 0.000000143. The van der Waals surface area contributed by atoms with Crippen molar-refractivity contribution in [3.05, 3.63) is 48.5 Å². The largest absolute Gasteiger partial charge is 0.328 e. The van der Waals surface area contributed by atoms with E-state index in [0.29, 0.717) is 24.7 Å². The van der Waals surface area contributed by atoms with Crippen molar-refractivity contribution >= 4 is 37.3 Å². The molecule has 3 heteroatoms. The lowest BCUT2D eigenvalue weighted by Gasteiger charge is -2.14. The number of nitrogens with two attached hydrogens (primary N) is 1. The van der Waals surface area contributed by atoms with Crippen molar-refractivity contribution in [2.24, 2.45) is 5.73 Å². The Morgan fingerprint density at radius 1 is 0.857 bits per heavy atom. The van der Waals surface area contributed by atoms with Gasteiger partial charge in [0, 0.05) is 39.1 Å². The summed E-state index contributed by atoms with van der Waals surface area (Å²) in [5, 5.41) is 2.76. The SMILES string of the molecule is NC1CCC(=O)CC1.c1ccc2c(c1)sc1ccccc12. The van der Waals surface area contributed by atoms with E-state index in [-0.39, 0.29) is 0 Å². The predicted octanol–water partition coefficient (Wildman–Crippen LogP) is 4.51. The summed E-state index contributed by atoms with van der Waals surface area (Å²) in [5.41, 5.74) is 5.54. The Labute approximate surface area is 128 Å². The lowest BCUT2D eigenvalue weighted by atomic mass is 9.95. The van der Waals surface area contributed by atoms with Gasteiger partial charge in [0.05, 0.1) is 0 Å². The van der Waals surface area contributed by atoms with Crippen LogP contribution in [0.4, 0.5) is 0 Å². The van der Waals surface area contributed by atoms with Crippen LogP contribution in [0, 0.1) is 0 Å². The minimum Gasteiger partial charge on any atom is -0.328 e. The van der Waals surface area contributed by atoms with Crippen molar-refractivity contribution in [2.75, 3.05) is 0 Å². The van der Waals surface area contributed by atoms with Gasteiger partial charge in [0.15, 0.2) is 0 Å². The molecule has 3 aromatic rings. The topological polar surface area (TPSA) is 43.1 Å². The van der Waals surface area contributed by atoms with Crippen LogP contribution in [0.2, 0.25) is 0 Å². The van der Waals surface area contributed by atoms with Gasteiger partial charge in [-0.25, -0.2) is 0 Å². The van der Waals surface area contributed by atoms with E-state index in [4.69, 9.17) is 5.73 Å². The molecule has 2 nitrogen and oxygen atoms in total. The van der Waals surface area contributed by atoms with E-state index in [9.17, 15) is 4.79 Å². The maximum atomic E-state index is 10.6. The molecule has 1 saturated carbocycles. The van der Waals surface area contributed by atoms with E-state index < -0.39 is 0 Å². The maximum absolute atomic E-state index is 10.6. The van der Waals surface area contributed by atoms with E-state index >= 15 is 0 Å². The predicted molar refractivity (Wildman–Crippen MR) is 90.8 cm³/mol. The number of carbonyl (C=O) groups is 1. The fraction of sp³-hybridized carbons (Fsp3) is 0.278. The van der Waals surface area contributed by atoms with Gasteiger partial charge in [-0.1, -0.05) is 36.4 Å². The quantitative estimate of drug-likeness (QED) is 0.663. The van der Waals surface area contributed by atoms with E-state index in [2.05, 4.69) is 48.5 Å². The summed E-state index contributed by atoms with van der Waals surface area (Å²) in [4.78, 5) is 10.6. The molecule has 1 fully saturated rings. The Morgan fingerprint density at radius 2 is 1.33 bits per heavy atom. The number of hydrogen-bond acceptors (Lipinski definition) is 3. The van der Waals surface area contributed by atoms with E-state index in [1.165, 1.54) is 20.2 Å². The van der Waals surface area contributed by atoms with Crippen molar-refractivity contribution < 1.29 is 4.79 Å². The molecule has 2 N–H and O–H groups in total. The number of fused-ring (bicyclic) bond motifs is 3. The molecule has 0 aliphatic heterocycles. The standard InChI is InChI=1S/C12H8S.C6H11NO/c1-3-7-11-9(5-1)10-6-2-4-8-12(10)13-11;7-5-1-3-6(8)4-2-5/h1-8H;5H,1-4,7H2. The highest BCUT2D eigenvalue weighted by Crippen LogP contribution is 2.32. The van der Waals surface area contributed by atoms with E-state index in [1.807, 2.05) is 11.3 Å². The fourth-order valence-electron chi connectivity index (χ4n) is 2.64. The molecule has 1 aliphatic rings. The normalized spacial score (nSPS) is 16.0. The first-order valence-electron chi connectivity index (χ1n) is 7.37. The monoisotopic (exact) mass is 297 g/mol. The summed E-state index contributed by atoms with van der Waals surface area (Å²) in [6, 6.07) is 17.4. The number of thiophene rings is 1. The highest BCUT2D eigenvalue weighted by atomic mass is 32.1. The first-order valence-corrected chi connectivity index (χ1v) is 8.19. The van der Waals surface area contributed by atoms with Crippen LogP contribution in [-0.2, 0) is 4.79 Å². The van der Waals surface area contributed by atoms with Gasteiger partial charge in [-0.2, -0.15) is 0 Å². The zero-order valence-electron chi connectivity index (χ0n) is 11.9. The molecule has 0 radical (unpaired) electrons. The molecule has 4 rings (SSSR count). The maximum Gasteiger partial charge on any atom is 0.133 e. The molecule has 1 aliphatic carbocycles. The molecule has 0 spiro atoms. The third kappa shape index (κ3) is 3.31. The molecule has 2 aromatic carbocycles. The highest BCUT2D eigenvalue weighted by molar-refractivity contribution is 7.25. The summed E-state index contributed by atoms with van der Waals surface area (Å²) in [6.45, 7) is 0. The van der Waals surface area contributed by atoms with Crippen LogP contribution < -0.4 is 5.73 Å². The molecule has 1 aromatic heterocycles. The van der Waals surface area contributed by atoms with E-state index in [1.54, 1.807) is 0 Å². The third-order valence-electron chi connectivity index (χ3n) is 3.87. The smallest absolute Gasteiger partial charge is 0.133 e. The average molecular weight is 297 g/mol. The van der Waals surface area contributed by atoms with Gasteiger partial charge in [-0.15, -0.1) is 11.3 Å². The lowest BCUT2D eigenvalue weighted by Crippen LogP contribution is -2.26. The summed E-state index contributed by atoms with van der Waals surface area (Å²) >= 11 is 1.86. The first kappa shape index (κ1) is 14.2. The summed E-state index contributed by atoms with van der Waals surface area (Å²) in [6.07, 6.45) is 3.22. The number of ketones is 1. The molecule has 0 bridgehead atoms. The first-order chi connectivity index (χ1) is 10.2. The molecule has 0 unspecified atom stereocenters. The third-order valence-corrected chi connectivity index (χ3v) is 5.02. The lowest BCUT2D eigenvalue weighted by molar-refractivity contribution is -0.120. The van der Waals surface area contributed by atoms with E-state index in [0.717, 1.165) is 12.8 Å². The van der Waals surface area contributed by atoms with Gasteiger partial charge in [-0.05, 0) is 25.0 Å². The molecule has 108 valence electrons. The summed E-state index contributed by atoms with van der Waals surface area (Å²) in [5.74, 6) is 0.381. The van der Waals surface area contributed by atoms with Crippen LogP contribution in [0.15, 0.2) is 48.5 Å². The average Bonchev–Trinajstić information content (AvgIpc) is 2.90. The van der Waals surface area contributed by atoms with Crippen LogP contribution in [0.1, 0.15) is 25.7 Å². The minimum atomic E-state index is 0.299. The van der Waals surface area contributed by atoms with Crippen molar-refractivity contribution in [2.45, 2.75) is 31.7 Å². The number of hydrogen-bond donors (Lipinski definition) is 1. The molecule has 0 saturated heterocycles. The second kappa shape index (κ2) is 6.37. The van der Waals surface area contributed by atoms with Crippen molar-refractivity contribution in [3.63, 3.8) is 0 Å². The van der Waals surface area contributed by atoms with Crippen LogP contribution in [-0.4, -0.2) is 11.8 Å². The van der Waals surface area contributed by atoms with Crippen molar-refractivity contribution in [1.82, 2.24) is 0 Å². The second-order valence-corrected chi connectivity index (χ2v) is 6.55. The van der Waals surface area contributed by atoms with Crippen LogP contribution in [0.3, 0.4) is 0 Å². The number of Topliss-reactive ketones (excluding diaryl/α,β-unsaturated/α-hetero) is 1. The Hall–Kier alpha value is -1.71. The van der Waals surface area contributed by atoms with Crippen molar-refractivity contribution in [3.8, 4) is 0 Å². The minimum absolute atomic E-state index is 0.299. The molecule has 0 amide bonds. The van der Waals surface area contributed by atoms with Crippen molar-refractivity contribution in [1.29, 1.82) is 0 Å². The summed E-state index contributed by atoms with van der Waals surface area (Å²) in [7, 11) is 0. The summed E-state index contributed by atoms with van der Waals surface area (Å²) < 4.78 is 2.76. The van der Waals surface area contributed by atoms with Gasteiger partial charge in [0.25, 0.3) is 0 Å². The zero-order valence-corrected chi connectivity index (χ0v) is 12.7. The van der Waals surface area contributed by atoms with Gasteiger partial charge < -0.3 is 5.73 Å². The molecular weight excluding hydrogens is 278 g/mol. The number of carbonyl (C=O) groups excluding carboxylic acids is 1. The molecule has 1 heterocycles. The van der Waals surface area contributed by atoms with Gasteiger partial charge >= 0.3 is 0 Å². The van der Waals surface area contributed by atoms with Gasteiger partial charge in [0.2, 0.25) is 0 Å². The Bertz CT molecular complexity index is 702. The zero-order chi connectivity index (χ0) is 14.7.